The number of nitrogens with zero attached hydrogens (tertiary/aromatic N) is 1. The molecule has 1 aromatic heterocycles. The van der Waals surface area contributed by atoms with Crippen molar-refractivity contribution in [2.24, 2.45) is 0 Å². The van der Waals surface area contributed by atoms with Gasteiger partial charge in [-0.25, -0.2) is 0 Å². The van der Waals surface area contributed by atoms with Gasteiger partial charge in [-0.3, -0.25) is 4.79 Å². The molecule has 1 aliphatic rings. The molecular weight excluding hydrogens is 286 g/mol. The molecule has 1 saturated heterocycles. The monoisotopic (exact) mass is 305 g/mol. The fourth-order valence-corrected chi connectivity index (χ4v) is 3.03. The zero-order valence-electron chi connectivity index (χ0n) is 12.6. The van der Waals surface area contributed by atoms with Gasteiger partial charge in [-0.05, 0) is 19.1 Å². The Hall–Kier alpha value is -2.05. The topological polar surface area (TPSA) is 83.1 Å². The Morgan fingerprint density at radius 3 is 3.00 bits per heavy atom. The summed E-state index contributed by atoms with van der Waals surface area (Å²) in [5.74, 6) is 0.391. The fraction of sp³-hybridized carbons (Fsp3) is 0.438. The second kappa shape index (κ2) is 5.30. The van der Waals surface area contributed by atoms with Gasteiger partial charge < -0.3 is 24.3 Å². The summed E-state index contributed by atoms with van der Waals surface area (Å²) >= 11 is 0. The van der Waals surface area contributed by atoms with Gasteiger partial charge in [0.05, 0.1) is 25.4 Å². The molecule has 2 aromatic rings. The lowest BCUT2D eigenvalue weighted by molar-refractivity contribution is 0.0445. The molecule has 1 aliphatic heterocycles. The number of aliphatic hydroxyl groups excluding tert-OH is 2. The molecule has 0 aliphatic carbocycles. The lowest BCUT2D eigenvalue weighted by Crippen LogP contribution is -2.47. The number of carbonyl (C=O) groups is 1. The minimum absolute atomic E-state index is 0.174. The molecule has 2 N–H and O–H groups in total. The maximum atomic E-state index is 12.7. The molecule has 0 bridgehead atoms. The van der Waals surface area contributed by atoms with Crippen LogP contribution in [0.5, 0.6) is 5.75 Å². The first-order chi connectivity index (χ1) is 10.5. The number of likely N-dealkylation sites (tertiary alicyclic amines) is 1. The van der Waals surface area contributed by atoms with Crippen LogP contribution in [0.4, 0.5) is 0 Å². The van der Waals surface area contributed by atoms with E-state index in [0.717, 1.165) is 5.39 Å². The summed E-state index contributed by atoms with van der Waals surface area (Å²) in [5, 5.41) is 20.2. The van der Waals surface area contributed by atoms with E-state index in [1.165, 1.54) is 4.90 Å². The van der Waals surface area contributed by atoms with E-state index in [0.29, 0.717) is 17.8 Å². The van der Waals surface area contributed by atoms with Gasteiger partial charge in [0.2, 0.25) is 0 Å². The van der Waals surface area contributed by atoms with Crippen molar-refractivity contribution in [3.05, 3.63) is 30.0 Å². The predicted molar refractivity (Wildman–Crippen MR) is 79.9 cm³/mol. The van der Waals surface area contributed by atoms with Crippen molar-refractivity contribution in [1.82, 2.24) is 4.90 Å². The van der Waals surface area contributed by atoms with Crippen molar-refractivity contribution in [1.29, 1.82) is 0 Å². The van der Waals surface area contributed by atoms with Crippen LogP contribution in [0.15, 0.2) is 28.7 Å². The molecule has 1 fully saturated rings. The Kier molecular flexibility index (Phi) is 3.58. The summed E-state index contributed by atoms with van der Waals surface area (Å²) in [5.41, 5.74) is -0.265. The minimum atomic E-state index is -0.778. The SMILES string of the molecule is COc1cccc2cc(C(=O)N3CC(O)CC3(C)CO)oc12. The highest BCUT2D eigenvalue weighted by Crippen LogP contribution is 2.33. The van der Waals surface area contributed by atoms with E-state index >= 15 is 0 Å². The molecule has 1 amide bonds. The lowest BCUT2D eigenvalue weighted by Gasteiger charge is -2.32. The predicted octanol–water partition coefficient (Wildman–Crippen LogP) is 1.40. The number of hydrogen-bond acceptors (Lipinski definition) is 5. The van der Waals surface area contributed by atoms with Gasteiger partial charge in [-0.15, -0.1) is 0 Å². The standard InChI is InChI=1S/C16H19NO5/c1-16(9-18)7-11(19)8-17(16)15(20)13-6-10-4-3-5-12(21-2)14(10)22-13/h3-6,11,18-19H,7-9H2,1-2H3. The minimum Gasteiger partial charge on any atom is -0.493 e. The zero-order valence-corrected chi connectivity index (χ0v) is 12.6. The van der Waals surface area contributed by atoms with Crippen LogP contribution in [0.3, 0.4) is 0 Å². The number of aliphatic hydroxyl groups is 2. The molecular formula is C16H19NO5. The van der Waals surface area contributed by atoms with E-state index in [1.54, 1.807) is 26.2 Å². The summed E-state index contributed by atoms with van der Waals surface area (Å²) in [6, 6.07) is 7.07. The summed E-state index contributed by atoms with van der Waals surface area (Å²) in [6.45, 7) is 1.73. The van der Waals surface area contributed by atoms with Gasteiger partial charge in [0, 0.05) is 18.4 Å². The second-order valence-corrected chi connectivity index (χ2v) is 5.92. The molecule has 2 heterocycles. The van der Waals surface area contributed by atoms with Gasteiger partial charge in [-0.2, -0.15) is 0 Å². The molecule has 2 atom stereocenters. The van der Waals surface area contributed by atoms with Crippen LogP contribution in [0, 0.1) is 0 Å². The number of para-hydroxylation sites is 1. The van der Waals surface area contributed by atoms with Crippen molar-refractivity contribution in [2.45, 2.75) is 25.0 Å². The molecule has 0 spiro atoms. The van der Waals surface area contributed by atoms with Gasteiger partial charge in [0.25, 0.3) is 5.91 Å². The van der Waals surface area contributed by atoms with Crippen LogP contribution < -0.4 is 4.74 Å². The normalized spacial score (nSPS) is 24.9. The third-order valence-corrected chi connectivity index (χ3v) is 4.24. The van der Waals surface area contributed by atoms with E-state index < -0.39 is 11.6 Å². The van der Waals surface area contributed by atoms with E-state index in [1.807, 2.05) is 12.1 Å². The van der Waals surface area contributed by atoms with Crippen LogP contribution in [0.1, 0.15) is 23.9 Å². The Labute approximate surface area is 127 Å². The van der Waals surface area contributed by atoms with Gasteiger partial charge in [-0.1, -0.05) is 12.1 Å². The Balaban J connectivity index is 1.99. The fourth-order valence-electron chi connectivity index (χ4n) is 3.03. The number of benzene rings is 1. The second-order valence-electron chi connectivity index (χ2n) is 5.92. The number of methoxy groups -OCH3 is 1. The van der Waals surface area contributed by atoms with Crippen molar-refractivity contribution in [3.8, 4) is 5.75 Å². The van der Waals surface area contributed by atoms with Crippen molar-refractivity contribution >= 4 is 16.9 Å². The van der Waals surface area contributed by atoms with Crippen LogP contribution in [-0.2, 0) is 0 Å². The molecule has 3 rings (SSSR count). The third-order valence-electron chi connectivity index (χ3n) is 4.24. The first-order valence-electron chi connectivity index (χ1n) is 7.16. The van der Waals surface area contributed by atoms with Crippen LogP contribution in [0.2, 0.25) is 0 Å². The highest BCUT2D eigenvalue weighted by molar-refractivity contribution is 5.97. The van der Waals surface area contributed by atoms with Crippen LogP contribution in [-0.4, -0.2) is 52.9 Å². The maximum Gasteiger partial charge on any atom is 0.290 e. The van der Waals surface area contributed by atoms with Crippen LogP contribution >= 0.6 is 0 Å². The first kappa shape index (κ1) is 14.9. The number of carbonyl (C=O) groups excluding carboxylic acids is 1. The van der Waals surface area contributed by atoms with E-state index in [-0.39, 0.29) is 24.8 Å². The average molecular weight is 305 g/mol. The molecule has 2 unspecified atom stereocenters. The summed E-state index contributed by atoms with van der Waals surface area (Å²) < 4.78 is 10.9. The first-order valence-corrected chi connectivity index (χ1v) is 7.16. The molecule has 6 nitrogen and oxygen atoms in total. The summed E-state index contributed by atoms with van der Waals surface area (Å²) in [7, 11) is 1.54. The van der Waals surface area contributed by atoms with Gasteiger partial charge in [0.1, 0.15) is 0 Å². The van der Waals surface area contributed by atoms with E-state index in [2.05, 4.69) is 0 Å². The number of fused-ring (bicyclic) bond motifs is 1. The summed E-state index contributed by atoms with van der Waals surface area (Å²) in [4.78, 5) is 14.2. The van der Waals surface area contributed by atoms with E-state index in [9.17, 15) is 15.0 Å². The third kappa shape index (κ3) is 2.24. The largest absolute Gasteiger partial charge is 0.493 e. The molecule has 0 saturated carbocycles. The molecule has 1 aromatic carbocycles. The maximum absolute atomic E-state index is 12.7. The van der Waals surface area contributed by atoms with Gasteiger partial charge >= 0.3 is 0 Å². The molecule has 0 radical (unpaired) electrons. The van der Waals surface area contributed by atoms with Crippen molar-refractivity contribution in [3.63, 3.8) is 0 Å². The van der Waals surface area contributed by atoms with Crippen molar-refractivity contribution in [2.75, 3.05) is 20.3 Å². The quantitative estimate of drug-likeness (QED) is 0.895. The number of amides is 1. The van der Waals surface area contributed by atoms with Crippen LogP contribution in [0.25, 0.3) is 11.0 Å². The summed E-state index contributed by atoms with van der Waals surface area (Å²) in [6.07, 6.45) is -0.293. The van der Waals surface area contributed by atoms with E-state index in [4.69, 9.17) is 9.15 Å². The average Bonchev–Trinajstić information content (AvgIpc) is 3.07. The lowest BCUT2D eigenvalue weighted by atomic mass is 9.99. The highest BCUT2D eigenvalue weighted by atomic mass is 16.5. The molecule has 22 heavy (non-hydrogen) atoms. The Bertz CT molecular complexity index is 710. The van der Waals surface area contributed by atoms with Gasteiger partial charge in [0.15, 0.2) is 17.1 Å². The Morgan fingerprint density at radius 1 is 1.55 bits per heavy atom. The number of furan rings is 1. The highest BCUT2D eigenvalue weighted by Gasteiger charge is 2.44. The number of ether oxygens (including phenoxy) is 1. The molecule has 118 valence electrons. The smallest absolute Gasteiger partial charge is 0.290 e. The zero-order chi connectivity index (χ0) is 15.9. The number of β-amino-alcohol motifs (C(OH)–C–C–N with tert-alkyl or cyclic N) is 1. The molecule has 6 heteroatoms. The number of rotatable bonds is 3. The van der Waals surface area contributed by atoms with Crippen molar-refractivity contribution < 1.29 is 24.2 Å². The number of hydrogen-bond donors (Lipinski definition) is 2. The Morgan fingerprint density at radius 2 is 2.32 bits per heavy atom.